The van der Waals surface area contributed by atoms with Crippen LogP contribution in [0.5, 0.6) is 0 Å². The van der Waals surface area contributed by atoms with Crippen LogP contribution < -0.4 is 0 Å². The zero-order valence-corrected chi connectivity index (χ0v) is 9.76. The van der Waals surface area contributed by atoms with Crippen molar-refractivity contribution in [3.8, 4) is 0 Å². The van der Waals surface area contributed by atoms with Gasteiger partial charge in [0.25, 0.3) is 0 Å². The van der Waals surface area contributed by atoms with Crippen molar-refractivity contribution in [2.75, 3.05) is 0 Å². The molecule has 0 spiro atoms. The van der Waals surface area contributed by atoms with Crippen molar-refractivity contribution in [3.63, 3.8) is 0 Å². The van der Waals surface area contributed by atoms with Gasteiger partial charge in [-0.15, -0.1) is 0 Å². The third-order valence-electron chi connectivity index (χ3n) is 2.48. The van der Waals surface area contributed by atoms with Gasteiger partial charge in [0.1, 0.15) is 11.9 Å². The first kappa shape index (κ1) is 12.9. The summed E-state index contributed by atoms with van der Waals surface area (Å²) in [4.78, 5) is 0. The molecule has 1 atom stereocenters. The molecule has 0 bridgehead atoms. The molecule has 0 aliphatic heterocycles. The Morgan fingerprint density at radius 3 is 2.44 bits per heavy atom. The van der Waals surface area contributed by atoms with E-state index in [9.17, 15) is 18.3 Å². The van der Waals surface area contributed by atoms with E-state index in [1.165, 1.54) is 18.2 Å². The molecule has 1 nitrogen and oxygen atoms in total. The minimum Gasteiger partial charge on any atom is -0.384 e. The van der Waals surface area contributed by atoms with Gasteiger partial charge in [0.2, 0.25) is 0 Å². The van der Waals surface area contributed by atoms with Crippen LogP contribution in [0.4, 0.5) is 13.2 Å². The molecular formula is C13H8ClF3O. The van der Waals surface area contributed by atoms with Crippen molar-refractivity contribution in [1.29, 1.82) is 0 Å². The fourth-order valence-electron chi connectivity index (χ4n) is 1.64. The number of aliphatic hydroxyl groups excluding tert-OH is 1. The highest BCUT2D eigenvalue weighted by Crippen LogP contribution is 2.27. The maximum Gasteiger partial charge on any atom is 0.164 e. The first-order valence-corrected chi connectivity index (χ1v) is 5.45. The minimum absolute atomic E-state index is 0.0597. The lowest BCUT2D eigenvalue weighted by Crippen LogP contribution is -2.04. The standard InChI is InChI=1S/C13H8ClF3O/c14-8-4-7(5-9(15)6-8)13(18)10-2-1-3-11(16)12(10)17/h1-6,13,18H. The third kappa shape index (κ3) is 2.49. The summed E-state index contributed by atoms with van der Waals surface area (Å²) in [6.45, 7) is 0. The summed E-state index contributed by atoms with van der Waals surface area (Å²) in [5.74, 6) is -2.90. The van der Waals surface area contributed by atoms with Crippen molar-refractivity contribution in [2.45, 2.75) is 6.10 Å². The monoisotopic (exact) mass is 272 g/mol. The van der Waals surface area contributed by atoms with E-state index in [-0.39, 0.29) is 16.1 Å². The largest absolute Gasteiger partial charge is 0.384 e. The Morgan fingerprint density at radius 1 is 1.06 bits per heavy atom. The summed E-state index contributed by atoms with van der Waals surface area (Å²) >= 11 is 5.63. The van der Waals surface area contributed by atoms with E-state index in [4.69, 9.17) is 11.6 Å². The quantitative estimate of drug-likeness (QED) is 0.881. The van der Waals surface area contributed by atoms with E-state index >= 15 is 0 Å². The van der Waals surface area contributed by atoms with Gasteiger partial charge < -0.3 is 5.11 Å². The third-order valence-corrected chi connectivity index (χ3v) is 2.69. The molecule has 0 heterocycles. The molecule has 0 amide bonds. The zero-order chi connectivity index (χ0) is 13.3. The van der Waals surface area contributed by atoms with Gasteiger partial charge in [0.15, 0.2) is 11.6 Å². The topological polar surface area (TPSA) is 20.2 Å². The van der Waals surface area contributed by atoms with Crippen LogP contribution >= 0.6 is 11.6 Å². The van der Waals surface area contributed by atoms with Gasteiger partial charge in [-0.05, 0) is 29.8 Å². The van der Waals surface area contributed by atoms with Gasteiger partial charge in [0, 0.05) is 10.6 Å². The SMILES string of the molecule is OC(c1cc(F)cc(Cl)c1)c1cccc(F)c1F. The Balaban J connectivity index is 2.47. The predicted molar refractivity (Wildman–Crippen MR) is 61.8 cm³/mol. The molecule has 0 aliphatic carbocycles. The molecule has 5 heteroatoms. The predicted octanol–water partition coefficient (Wildman–Crippen LogP) is 3.84. The van der Waals surface area contributed by atoms with E-state index in [0.717, 1.165) is 18.2 Å². The van der Waals surface area contributed by atoms with E-state index in [1.807, 2.05) is 0 Å². The van der Waals surface area contributed by atoms with E-state index in [1.54, 1.807) is 0 Å². The fourth-order valence-corrected chi connectivity index (χ4v) is 1.87. The molecule has 0 saturated heterocycles. The van der Waals surface area contributed by atoms with Gasteiger partial charge in [-0.25, -0.2) is 13.2 Å². The van der Waals surface area contributed by atoms with Crippen molar-refractivity contribution in [2.24, 2.45) is 0 Å². The highest BCUT2D eigenvalue weighted by molar-refractivity contribution is 6.30. The van der Waals surface area contributed by atoms with Crippen molar-refractivity contribution >= 4 is 11.6 Å². The normalized spacial score (nSPS) is 12.5. The molecule has 0 aliphatic rings. The number of benzene rings is 2. The van der Waals surface area contributed by atoms with Crippen molar-refractivity contribution in [1.82, 2.24) is 0 Å². The molecule has 94 valence electrons. The molecule has 0 radical (unpaired) electrons. The molecule has 1 unspecified atom stereocenters. The lowest BCUT2D eigenvalue weighted by molar-refractivity contribution is 0.213. The van der Waals surface area contributed by atoms with Gasteiger partial charge in [-0.3, -0.25) is 0 Å². The number of halogens is 4. The molecule has 1 N–H and O–H groups in total. The second-order valence-electron chi connectivity index (χ2n) is 3.75. The molecule has 2 aromatic rings. The first-order valence-electron chi connectivity index (χ1n) is 5.07. The van der Waals surface area contributed by atoms with Crippen LogP contribution in [-0.2, 0) is 0 Å². The van der Waals surface area contributed by atoms with E-state index < -0.39 is 23.6 Å². The van der Waals surface area contributed by atoms with Gasteiger partial charge in [0.05, 0.1) is 0 Å². The average molecular weight is 273 g/mol. The fraction of sp³-hybridized carbons (Fsp3) is 0.0769. The zero-order valence-electron chi connectivity index (χ0n) is 9.00. The maximum atomic E-state index is 13.5. The summed E-state index contributed by atoms with van der Waals surface area (Å²) in [5.41, 5.74) is -0.207. The van der Waals surface area contributed by atoms with Crippen LogP contribution in [0, 0.1) is 17.5 Å². The Labute approximate surface area is 106 Å². The lowest BCUT2D eigenvalue weighted by atomic mass is 10.0. The van der Waals surface area contributed by atoms with Crippen LogP contribution in [0.1, 0.15) is 17.2 Å². The molecule has 0 fully saturated rings. The summed E-state index contributed by atoms with van der Waals surface area (Å²) in [6, 6.07) is 6.78. The van der Waals surface area contributed by atoms with Crippen LogP contribution in [0.3, 0.4) is 0 Å². The molecule has 18 heavy (non-hydrogen) atoms. The van der Waals surface area contributed by atoms with Crippen LogP contribution in [0.25, 0.3) is 0 Å². The van der Waals surface area contributed by atoms with Crippen molar-refractivity contribution in [3.05, 3.63) is 70.0 Å². The minimum atomic E-state index is -1.48. The number of rotatable bonds is 2. The molecule has 0 aromatic heterocycles. The summed E-state index contributed by atoms with van der Waals surface area (Å²) in [6.07, 6.45) is -1.48. The molecule has 2 rings (SSSR count). The lowest BCUT2D eigenvalue weighted by Gasteiger charge is -2.13. The number of hydrogen-bond acceptors (Lipinski definition) is 1. The smallest absolute Gasteiger partial charge is 0.164 e. The first-order chi connectivity index (χ1) is 8.49. The van der Waals surface area contributed by atoms with Crippen molar-refractivity contribution < 1.29 is 18.3 Å². The maximum absolute atomic E-state index is 13.5. The highest BCUT2D eigenvalue weighted by atomic mass is 35.5. The summed E-state index contributed by atoms with van der Waals surface area (Å²) in [7, 11) is 0. The van der Waals surface area contributed by atoms with Crippen LogP contribution in [-0.4, -0.2) is 5.11 Å². The molecule has 0 saturated carbocycles. The molecule has 2 aromatic carbocycles. The van der Waals surface area contributed by atoms with Crippen LogP contribution in [0.15, 0.2) is 36.4 Å². The van der Waals surface area contributed by atoms with Crippen LogP contribution in [0.2, 0.25) is 5.02 Å². The van der Waals surface area contributed by atoms with Gasteiger partial charge in [-0.1, -0.05) is 23.7 Å². The molecular weight excluding hydrogens is 265 g/mol. The highest BCUT2D eigenvalue weighted by Gasteiger charge is 2.18. The summed E-state index contributed by atoms with van der Waals surface area (Å²) in [5, 5.41) is 9.98. The Hall–Kier alpha value is -1.52. The Morgan fingerprint density at radius 2 is 1.78 bits per heavy atom. The Kier molecular flexibility index (Phi) is 3.59. The number of aliphatic hydroxyl groups is 1. The van der Waals surface area contributed by atoms with E-state index in [0.29, 0.717) is 0 Å². The van der Waals surface area contributed by atoms with Gasteiger partial charge >= 0.3 is 0 Å². The second kappa shape index (κ2) is 5.00. The van der Waals surface area contributed by atoms with Gasteiger partial charge in [-0.2, -0.15) is 0 Å². The summed E-state index contributed by atoms with van der Waals surface area (Å²) < 4.78 is 39.6. The number of hydrogen-bond donors (Lipinski definition) is 1. The second-order valence-corrected chi connectivity index (χ2v) is 4.18. The Bertz CT molecular complexity index is 566. The van der Waals surface area contributed by atoms with E-state index in [2.05, 4.69) is 0 Å². The average Bonchev–Trinajstić information content (AvgIpc) is 2.30.